The van der Waals surface area contributed by atoms with E-state index in [1.54, 1.807) is 12.0 Å². The predicted molar refractivity (Wildman–Crippen MR) is 142 cm³/mol. The van der Waals surface area contributed by atoms with Crippen molar-refractivity contribution in [2.75, 3.05) is 46.5 Å². The first-order valence-corrected chi connectivity index (χ1v) is 13.4. The molecule has 0 radical (unpaired) electrons. The van der Waals surface area contributed by atoms with Gasteiger partial charge in [0.05, 0.1) is 12.2 Å². The van der Waals surface area contributed by atoms with Crippen LogP contribution in [-0.2, 0) is 10.9 Å². The highest BCUT2D eigenvalue weighted by Crippen LogP contribution is 2.40. The Bertz CT molecular complexity index is 1140. The number of alkyl halides is 3. The summed E-state index contributed by atoms with van der Waals surface area (Å²) in [7, 11) is 1.63. The number of hydrogen-bond acceptors (Lipinski definition) is 6. The summed E-state index contributed by atoms with van der Waals surface area (Å²) in [6.45, 7) is 9.40. The molecule has 39 heavy (non-hydrogen) atoms. The second-order valence-electron chi connectivity index (χ2n) is 10.5. The van der Waals surface area contributed by atoms with Gasteiger partial charge in [-0.25, -0.2) is 0 Å². The normalized spacial score (nSPS) is 20.9. The molecule has 0 aromatic heterocycles. The fourth-order valence-corrected chi connectivity index (χ4v) is 5.68. The van der Waals surface area contributed by atoms with Gasteiger partial charge in [0, 0.05) is 57.0 Å². The molecular weight excluding hydrogens is 511 g/mol. The van der Waals surface area contributed by atoms with Crippen molar-refractivity contribution >= 4 is 5.91 Å². The van der Waals surface area contributed by atoms with Gasteiger partial charge in [0.1, 0.15) is 18.5 Å². The molecule has 7 nitrogen and oxygen atoms in total. The first-order valence-electron chi connectivity index (χ1n) is 13.4. The summed E-state index contributed by atoms with van der Waals surface area (Å²) in [6, 6.07) is 8.86. The number of nitrogens with one attached hydrogen (secondary N) is 1. The minimum absolute atomic E-state index is 0.0373. The van der Waals surface area contributed by atoms with Crippen molar-refractivity contribution in [3.8, 4) is 5.75 Å². The van der Waals surface area contributed by atoms with Gasteiger partial charge < -0.3 is 24.8 Å². The molecule has 0 saturated carbocycles. The second kappa shape index (κ2) is 12.2. The van der Waals surface area contributed by atoms with Crippen LogP contribution in [0.1, 0.15) is 52.0 Å². The van der Waals surface area contributed by atoms with Crippen LogP contribution in [0.2, 0.25) is 0 Å². The number of hydrogen-bond donors (Lipinski definition) is 2. The minimum Gasteiger partial charge on any atom is -0.491 e. The summed E-state index contributed by atoms with van der Waals surface area (Å²) in [6.07, 6.45) is -4.20. The van der Waals surface area contributed by atoms with Gasteiger partial charge in [0.25, 0.3) is 5.91 Å². The molecule has 2 aliphatic rings. The number of ether oxygens (including phenoxy) is 2. The average molecular weight is 550 g/mol. The Morgan fingerprint density at radius 1 is 1.10 bits per heavy atom. The quantitative estimate of drug-likeness (QED) is 0.414. The third kappa shape index (κ3) is 6.57. The van der Waals surface area contributed by atoms with Crippen molar-refractivity contribution in [3.63, 3.8) is 0 Å². The van der Waals surface area contributed by atoms with E-state index >= 15 is 0 Å². The van der Waals surface area contributed by atoms with Gasteiger partial charge in [0.2, 0.25) is 0 Å². The zero-order chi connectivity index (χ0) is 28.3. The van der Waals surface area contributed by atoms with Crippen LogP contribution >= 0.6 is 0 Å². The molecule has 0 spiro atoms. The molecule has 1 amide bonds. The van der Waals surface area contributed by atoms with Crippen LogP contribution in [0.5, 0.6) is 5.75 Å². The van der Waals surface area contributed by atoms with Crippen molar-refractivity contribution in [2.24, 2.45) is 0 Å². The molecule has 2 aliphatic heterocycles. The number of rotatable bonds is 11. The molecule has 2 bridgehead atoms. The zero-order valence-electron chi connectivity index (χ0n) is 22.9. The summed E-state index contributed by atoms with van der Waals surface area (Å²) in [4.78, 5) is 17.3. The van der Waals surface area contributed by atoms with Crippen LogP contribution in [0.3, 0.4) is 0 Å². The van der Waals surface area contributed by atoms with E-state index in [2.05, 4.69) is 30.1 Å². The number of carbonyl (C=O) groups excluding carboxylic acids is 1. The number of likely N-dealkylation sites (tertiary alicyclic amines) is 2. The summed E-state index contributed by atoms with van der Waals surface area (Å²) in [5.41, 5.74) is 2.88. The lowest BCUT2D eigenvalue weighted by Gasteiger charge is -2.38. The van der Waals surface area contributed by atoms with E-state index in [4.69, 9.17) is 9.47 Å². The third-order valence-electron chi connectivity index (χ3n) is 8.02. The second-order valence-corrected chi connectivity index (χ2v) is 10.5. The Labute approximate surface area is 227 Å². The molecule has 0 unspecified atom stereocenters. The highest BCUT2D eigenvalue weighted by atomic mass is 19.4. The van der Waals surface area contributed by atoms with Gasteiger partial charge in [-0.15, -0.1) is 0 Å². The first-order chi connectivity index (χ1) is 18.5. The molecule has 2 heterocycles. The minimum atomic E-state index is -4.42. The number of amides is 1. The van der Waals surface area contributed by atoms with E-state index in [-0.39, 0.29) is 36.2 Å². The van der Waals surface area contributed by atoms with Crippen LogP contribution in [0, 0.1) is 13.8 Å². The number of benzene rings is 2. The van der Waals surface area contributed by atoms with Crippen molar-refractivity contribution in [1.82, 2.24) is 15.1 Å². The Kier molecular flexibility index (Phi) is 9.21. The molecule has 2 saturated heterocycles. The largest absolute Gasteiger partial charge is 0.491 e. The standard InChI is InChI=1S/C29H38F3N3O4/c1-18-19(2)27(39-17-25(36)14-33-11-12-38-4)10-9-26(18)20(3)34-15-24-13-23(34)16-35(24)28(37)21-5-7-22(8-6-21)29(30,31)32/h5-10,20,23-25,33,36H,11-17H2,1-4H3/t20-,23-,24-,25+/m0/s1. The molecule has 4 rings (SSSR count). The summed E-state index contributed by atoms with van der Waals surface area (Å²) in [5, 5.41) is 13.3. The monoisotopic (exact) mass is 549 g/mol. The number of halogens is 3. The van der Waals surface area contributed by atoms with Gasteiger partial charge in [-0.3, -0.25) is 9.69 Å². The predicted octanol–water partition coefficient (Wildman–Crippen LogP) is 3.96. The van der Waals surface area contributed by atoms with Gasteiger partial charge in [-0.2, -0.15) is 13.2 Å². The van der Waals surface area contributed by atoms with Gasteiger partial charge in [-0.1, -0.05) is 6.07 Å². The van der Waals surface area contributed by atoms with Crippen molar-refractivity contribution < 1.29 is 32.5 Å². The topological polar surface area (TPSA) is 74.3 Å². The Morgan fingerprint density at radius 3 is 2.44 bits per heavy atom. The maximum atomic E-state index is 13.1. The smallest absolute Gasteiger partial charge is 0.416 e. The first kappa shape index (κ1) is 29.3. The molecule has 214 valence electrons. The molecule has 4 atom stereocenters. The maximum Gasteiger partial charge on any atom is 0.416 e. The molecular formula is C29H38F3N3O4. The van der Waals surface area contributed by atoms with Crippen LogP contribution in [0.15, 0.2) is 36.4 Å². The van der Waals surface area contributed by atoms with Crippen molar-refractivity contribution in [2.45, 2.75) is 57.6 Å². The van der Waals surface area contributed by atoms with Crippen molar-refractivity contribution in [1.29, 1.82) is 0 Å². The van der Waals surface area contributed by atoms with E-state index in [9.17, 15) is 23.1 Å². The summed E-state index contributed by atoms with van der Waals surface area (Å²) in [5.74, 6) is 0.531. The van der Waals surface area contributed by atoms with Gasteiger partial charge in [-0.05, 0) is 74.2 Å². The van der Waals surface area contributed by atoms with Crippen LogP contribution in [0.25, 0.3) is 0 Å². The number of fused-ring (bicyclic) bond motifs is 2. The lowest BCUT2D eigenvalue weighted by Crippen LogP contribution is -2.49. The molecule has 2 aromatic rings. The van der Waals surface area contributed by atoms with E-state index in [0.29, 0.717) is 26.2 Å². The SMILES string of the molecule is COCCNC[C@@H](O)COc1ccc([C@H](C)N2C[C@@H]3C[C@H]2CN3C(=O)c2ccc(C(F)(F)F)cc2)c(C)c1C. The molecule has 2 N–H and O–H groups in total. The number of aliphatic hydroxyl groups excluding tert-OH is 1. The Hall–Kier alpha value is -2.66. The average Bonchev–Trinajstić information content (AvgIpc) is 3.52. The van der Waals surface area contributed by atoms with E-state index in [1.165, 1.54) is 17.7 Å². The molecule has 10 heteroatoms. The van der Waals surface area contributed by atoms with E-state index < -0.39 is 17.8 Å². The number of aliphatic hydroxyl groups is 1. The zero-order valence-corrected chi connectivity index (χ0v) is 22.9. The highest BCUT2D eigenvalue weighted by Gasteiger charge is 2.47. The molecule has 2 fully saturated rings. The third-order valence-corrected chi connectivity index (χ3v) is 8.02. The summed E-state index contributed by atoms with van der Waals surface area (Å²) < 4.78 is 49.6. The van der Waals surface area contributed by atoms with Crippen LogP contribution < -0.4 is 10.1 Å². The van der Waals surface area contributed by atoms with E-state index in [1.807, 2.05) is 13.0 Å². The van der Waals surface area contributed by atoms with E-state index in [0.717, 1.165) is 42.0 Å². The maximum absolute atomic E-state index is 13.1. The van der Waals surface area contributed by atoms with Gasteiger partial charge in [0.15, 0.2) is 0 Å². The fourth-order valence-electron chi connectivity index (χ4n) is 5.68. The number of piperazine rings is 1. The number of methoxy groups -OCH3 is 1. The Morgan fingerprint density at radius 2 is 1.82 bits per heavy atom. The number of nitrogens with zero attached hydrogens (tertiary/aromatic N) is 2. The summed E-state index contributed by atoms with van der Waals surface area (Å²) >= 11 is 0. The lowest BCUT2D eigenvalue weighted by atomic mass is 9.96. The van der Waals surface area contributed by atoms with Crippen LogP contribution in [0.4, 0.5) is 13.2 Å². The van der Waals surface area contributed by atoms with Crippen LogP contribution in [-0.4, -0.2) is 85.5 Å². The van der Waals surface area contributed by atoms with Gasteiger partial charge >= 0.3 is 6.18 Å². The molecule has 2 aromatic carbocycles. The lowest BCUT2D eigenvalue weighted by molar-refractivity contribution is -0.137. The fraction of sp³-hybridized carbons (Fsp3) is 0.552. The van der Waals surface area contributed by atoms with Crippen molar-refractivity contribution in [3.05, 3.63) is 64.2 Å². The Balaban J connectivity index is 1.34. The molecule has 0 aliphatic carbocycles. The highest BCUT2D eigenvalue weighted by molar-refractivity contribution is 5.94. The number of carbonyl (C=O) groups is 1.